The van der Waals surface area contributed by atoms with E-state index in [9.17, 15) is 0 Å². The van der Waals surface area contributed by atoms with E-state index in [-0.39, 0.29) is 12.4 Å². The maximum atomic E-state index is 3.28. The summed E-state index contributed by atoms with van der Waals surface area (Å²) in [6.07, 6.45) is 6.73. The molecule has 0 aliphatic rings. The van der Waals surface area contributed by atoms with E-state index in [1.54, 1.807) is 0 Å². The monoisotopic (exact) mass is 163 g/mol. The first kappa shape index (κ1) is 12.6. The lowest BCUT2D eigenvalue weighted by Gasteiger charge is -1.94. The van der Waals surface area contributed by atoms with Crippen LogP contribution in [0.1, 0.15) is 26.7 Å². The SMILES string of the molecule is CC/C=C/CNCCC.Cl. The molecule has 0 aliphatic heterocycles. The topological polar surface area (TPSA) is 12.0 Å². The van der Waals surface area contributed by atoms with Crippen LogP contribution in [0.2, 0.25) is 0 Å². The van der Waals surface area contributed by atoms with E-state index in [4.69, 9.17) is 0 Å². The number of allylic oxidation sites excluding steroid dienone is 1. The molecule has 0 aromatic heterocycles. The van der Waals surface area contributed by atoms with Crippen LogP contribution >= 0.6 is 12.4 Å². The number of hydrogen-bond donors (Lipinski definition) is 1. The molecule has 0 amide bonds. The van der Waals surface area contributed by atoms with Gasteiger partial charge in [0, 0.05) is 6.54 Å². The van der Waals surface area contributed by atoms with Crippen LogP contribution in [0.3, 0.4) is 0 Å². The Hall–Kier alpha value is -0.0100. The van der Waals surface area contributed by atoms with Crippen molar-refractivity contribution in [3.8, 4) is 0 Å². The van der Waals surface area contributed by atoms with Gasteiger partial charge < -0.3 is 5.32 Å². The summed E-state index contributed by atoms with van der Waals surface area (Å²) in [4.78, 5) is 0. The molecule has 1 nitrogen and oxygen atoms in total. The Morgan fingerprint density at radius 3 is 2.40 bits per heavy atom. The van der Waals surface area contributed by atoms with E-state index < -0.39 is 0 Å². The first-order valence-corrected chi connectivity index (χ1v) is 3.77. The molecule has 0 rings (SSSR count). The Morgan fingerprint density at radius 1 is 1.20 bits per heavy atom. The first-order valence-electron chi connectivity index (χ1n) is 3.77. The van der Waals surface area contributed by atoms with Crippen LogP contribution in [-0.4, -0.2) is 13.1 Å². The molecule has 0 heterocycles. The van der Waals surface area contributed by atoms with Gasteiger partial charge in [0.25, 0.3) is 0 Å². The molecule has 0 fully saturated rings. The van der Waals surface area contributed by atoms with Gasteiger partial charge in [0.2, 0.25) is 0 Å². The summed E-state index contributed by atoms with van der Waals surface area (Å²) in [5, 5.41) is 3.28. The molecular formula is C8H18ClN. The number of nitrogens with one attached hydrogen (secondary N) is 1. The van der Waals surface area contributed by atoms with Crippen molar-refractivity contribution in [3.05, 3.63) is 12.2 Å². The van der Waals surface area contributed by atoms with Crippen molar-refractivity contribution in [2.24, 2.45) is 0 Å². The van der Waals surface area contributed by atoms with E-state index in [1.165, 1.54) is 6.42 Å². The fourth-order valence-electron chi connectivity index (χ4n) is 0.612. The van der Waals surface area contributed by atoms with Gasteiger partial charge >= 0.3 is 0 Å². The predicted octanol–water partition coefficient (Wildman–Crippen LogP) is 2.37. The fourth-order valence-corrected chi connectivity index (χ4v) is 0.612. The van der Waals surface area contributed by atoms with Crippen LogP contribution in [0.25, 0.3) is 0 Å². The molecule has 1 N–H and O–H groups in total. The molecule has 0 unspecified atom stereocenters. The third kappa shape index (κ3) is 10.9. The van der Waals surface area contributed by atoms with Gasteiger partial charge in [-0.1, -0.05) is 26.0 Å². The van der Waals surface area contributed by atoms with Crippen LogP contribution in [-0.2, 0) is 0 Å². The minimum atomic E-state index is 0. The molecule has 0 saturated heterocycles. The van der Waals surface area contributed by atoms with E-state index in [0.29, 0.717) is 0 Å². The molecule has 0 radical (unpaired) electrons. The van der Waals surface area contributed by atoms with Crippen molar-refractivity contribution in [1.82, 2.24) is 5.32 Å². The Bertz CT molecular complexity index is 71.7. The number of rotatable bonds is 5. The minimum absolute atomic E-state index is 0. The Morgan fingerprint density at radius 2 is 1.90 bits per heavy atom. The normalized spacial score (nSPS) is 9.80. The third-order valence-corrected chi connectivity index (χ3v) is 1.09. The maximum Gasteiger partial charge on any atom is 0.0134 e. The van der Waals surface area contributed by atoms with Crippen molar-refractivity contribution < 1.29 is 0 Å². The van der Waals surface area contributed by atoms with Crippen LogP contribution in [0.5, 0.6) is 0 Å². The van der Waals surface area contributed by atoms with Crippen molar-refractivity contribution in [2.45, 2.75) is 26.7 Å². The highest BCUT2D eigenvalue weighted by Crippen LogP contribution is 1.77. The van der Waals surface area contributed by atoms with Gasteiger partial charge in [-0.25, -0.2) is 0 Å². The standard InChI is InChI=1S/C8H17N.ClH/c1-3-5-6-8-9-7-4-2;/h5-6,9H,3-4,7-8H2,1-2H3;1H/b6-5+;. The molecule has 10 heavy (non-hydrogen) atoms. The lowest BCUT2D eigenvalue weighted by molar-refractivity contribution is 0.728. The highest BCUT2D eigenvalue weighted by molar-refractivity contribution is 5.85. The number of hydrogen-bond acceptors (Lipinski definition) is 1. The zero-order valence-corrected chi connectivity index (χ0v) is 7.71. The summed E-state index contributed by atoms with van der Waals surface area (Å²) >= 11 is 0. The predicted molar refractivity (Wildman–Crippen MR) is 49.8 cm³/mol. The Kier molecular flexibility index (Phi) is 14.9. The summed E-state index contributed by atoms with van der Waals surface area (Å²) in [7, 11) is 0. The van der Waals surface area contributed by atoms with Gasteiger partial charge in [-0.3, -0.25) is 0 Å². The van der Waals surface area contributed by atoms with E-state index in [2.05, 4.69) is 31.3 Å². The summed E-state index contributed by atoms with van der Waals surface area (Å²) in [5.41, 5.74) is 0. The van der Waals surface area contributed by atoms with Crippen molar-refractivity contribution in [1.29, 1.82) is 0 Å². The lowest BCUT2D eigenvalue weighted by Crippen LogP contribution is -2.13. The second kappa shape index (κ2) is 11.7. The quantitative estimate of drug-likeness (QED) is 0.485. The maximum absolute atomic E-state index is 3.28. The molecule has 62 valence electrons. The molecule has 2 heteroatoms. The van der Waals surface area contributed by atoms with Gasteiger partial charge in [0.1, 0.15) is 0 Å². The molecule has 0 spiro atoms. The van der Waals surface area contributed by atoms with Crippen LogP contribution in [0, 0.1) is 0 Å². The summed E-state index contributed by atoms with van der Waals surface area (Å²) in [6.45, 7) is 6.49. The van der Waals surface area contributed by atoms with Crippen molar-refractivity contribution >= 4 is 12.4 Å². The van der Waals surface area contributed by atoms with E-state index >= 15 is 0 Å². The molecule has 0 aliphatic carbocycles. The second-order valence-corrected chi connectivity index (χ2v) is 2.08. The summed E-state index contributed by atoms with van der Waals surface area (Å²) < 4.78 is 0. The van der Waals surface area contributed by atoms with Crippen LogP contribution in [0.15, 0.2) is 12.2 Å². The molecule has 0 bridgehead atoms. The van der Waals surface area contributed by atoms with Gasteiger partial charge in [-0.15, -0.1) is 12.4 Å². The average molecular weight is 164 g/mol. The molecule has 0 aromatic rings. The zero-order valence-electron chi connectivity index (χ0n) is 6.89. The van der Waals surface area contributed by atoms with Gasteiger partial charge in [-0.2, -0.15) is 0 Å². The van der Waals surface area contributed by atoms with Crippen molar-refractivity contribution in [3.63, 3.8) is 0 Å². The van der Waals surface area contributed by atoms with Crippen LogP contribution in [0.4, 0.5) is 0 Å². The highest BCUT2D eigenvalue weighted by atomic mass is 35.5. The largest absolute Gasteiger partial charge is 0.313 e. The van der Waals surface area contributed by atoms with Crippen LogP contribution < -0.4 is 5.32 Å². The number of halogens is 1. The van der Waals surface area contributed by atoms with E-state index in [0.717, 1.165) is 19.5 Å². The lowest BCUT2D eigenvalue weighted by atomic mass is 10.4. The van der Waals surface area contributed by atoms with Gasteiger partial charge in [-0.05, 0) is 19.4 Å². The van der Waals surface area contributed by atoms with E-state index in [1.807, 2.05) is 0 Å². The molecule has 0 aromatic carbocycles. The fraction of sp³-hybridized carbons (Fsp3) is 0.750. The smallest absolute Gasteiger partial charge is 0.0134 e. The zero-order chi connectivity index (χ0) is 6.95. The third-order valence-electron chi connectivity index (χ3n) is 1.09. The van der Waals surface area contributed by atoms with Crippen molar-refractivity contribution in [2.75, 3.05) is 13.1 Å². The molecular weight excluding hydrogens is 146 g/mol. The summed E-state index contributed by atoms with van der Waals surface area (Å²) in [6, 6.07) is 0. The molecule has 0 atom stereocenters. The summed E-state index contributed by atoms with van der Waals surface area (Å²) in [5.74, 6) is 0. The molecule has 0 saturated carbocycles. The second-order valence-electron chi connectivity index (χ2n) is 2.08. The average Bonchev–Trinajstić information content (AvgIpc) is 1.89. The Balaban J connectivity index is 0. The highest BCUT2D eigenvalue weighted by Gasteiger charge is 1.75. The first-order chi connectivity index (χ1) is 4.41. The van der Waals surface area contributed by atoms with Gasteiger partial charge in [0.05, 0.1) is 0 Å². The van der Waals surface area contributed by atoms with Gasteiger partial charge in [0.15, 0.2) is 0 Å². The minimum Gasteiger partial charge on any atom is -0.313 e. The Labute approximate surface area is 70.3 Å².